The predicted octanol–water partition coefficient (Wildman–Crippen LogP) is 1.53. The molecule has 5 nitrogen and oxygen atoms in total. The summed E-state index contributed by atoms with van der Waals surface area (Å²) in [7, 11) is 0. The van der Waals surface area contributed by atoms with Gasteiger partial charge in [0.25, 0.3) is 0 Å². The van der Waals surface area contributed by atoms with Crippen molar-refractivity contribution < 1.29 is 19.4 Å². The Bertz CT molecular complexity index is 417. The average Bonchev–Trinajstić information content (AvgIpc) is 2.44. The molecule has 0 bridgehead atoms. The molecular formula is C16H25NO4. The molecule has 0 radical (unpaired) electrons. The van der Waals surface area contributed by atoms with E-state index in [4.69, 9.17) is 9.47 Å². The monoisotopic (exact) mass is 295 g/mol. The molecule has 1 aromatic carbocycles. The zero-order chi connectivity index (χ0) is 15.7. The second kappa shape index (κ2) is 9.37. The third kappa shape index (κ3) is 7.68. The minimum atomic E-state index is -0.549. The Balaban J connectivity index is 2.35. The third-order valence-corrected chi connectivity index (χ3v) is 2.78. The van der Waals surface area contributed by atoms with Crippen molar-refractivity contribution >= 4 is 5.97 Å². The van der Waals surface area contributed by atoms with Crippen LogP contribution in [-0.2, 0) is 16.0 Å². The summed E-state index contributed by atoms with van der Waals surface area (Å²) >= 11 is 0. The fraction of sp³-hybridized carbons (Fsp3) is 0.562. The van der Waals surface area contributed by atoms with Gasteiger partial charge in [-0.15, -0.1) is 0 Å². The highest BCUT2D eigenvalue weighted by Gasteiger charge is 2.07. The molecule has 0 aromatic heterocycles. The molecule has 1 rings (SSSR count). The first-order valence-electron chi connectivity index (χ1n) is 7.30. The van der Waals surface area contributed by atoms with Gasteiger partial charge >= 0.3 is 5.97 Å². The van der Waals surface area contributed by atoms with Crippen molar-refractivity contribution in [2.75, 3.05) is 19.8 Å². The van der Waals surface area contributed by atoms with E-state index in [0.29, 0.717) is 24.9 Å². The Morgan fingerprint density at radius 1 is 1.29 bits per heavy atom. The molecule has 0 aliphatic rings. The average molecular weight is 295 g/mol. The van der Waals surface area contributed by atoms with Crippen LogP contribution >= 0.6 is 0 Å². The second-order valence-electron chi connectivity index (χ2n) is 5.15. The van der Waals surface area contributed by atoms with Gasteiger partial charge in [-0.05, 0) is 24.6 Å². The van der Waals surface area contributed by atoms with Gasteiger partial charge in [-0.3, -0.25) is 4.79 Å². The van der Waals surface area contributed by atoms with Crippen molar-refractivity contribution in [2.45, 2.75) is 39.3 Å². The molecule has 0 heterocycles. The first-order valence-corrected chi connectivity index (χ1v) is 7.30. The first kappa shape index (κ1) is 17.5. The van der Waals surface area contributed by atoms with Crippen LogP contribution in [-0.4, -0.2) is 43.0 Å². The largest absolute Gasteiger partial charge is 0.491 e. The molecule has 5 heteroatoms. The zero-order valence-corrected chi connectivity index (χ0v) is 13.0. The van der Waals surface area contributed by atoms with Crippen LogP contribution < -0.4 is 10.1 Å². The van der Waals surface area contributed by atoms with E-state index in [1.165, 1.54) is 0 Å². The number of nitrogens with one attached hydrogen (secondary N) is 1. The molecule has 0 amide bonds. The van der Waals surface area contributed by atoms with Crippen molar-refractivity contribution in [2.24, 2.45) is 0 Å². The van der Waals surface area contributed by atoms with Gasteiger partial charge in [0.15, 0.2) is 0 Å². The molecule has 0 aliphatic carbocycles. The summed E-state index contributed by atoms with van der Waals surface area (Å²) in [5.74, 6) is 0.438. The number of ether oxygens (including phenoxy) is 2. The van der Waals surface area contributed by atoms with E-state index in [0.717, 1.165) is 5.56 Å². The van der Waals surface area contributed by atoms with Crippen molar-refractivity contribution in [1.82, 2.24) is 5.32 Å². The summed E-state index contributed by atoms with van der Waals surface area (Å²) in [5.41, 5.74) is 0.878. The van der Waals surface area contributed by atoms with Crippen molar-refractivity contribution in [3.63, 3.8) is 0 Å². The Hall–Kier alpha value is -1.59. The maximum absolute atomic E-state index is 11.3. The van der Waals surface area contributed by atoms with Gasteiger partial charge in [0.1, 0.15) is 18.5 Å². The summed E-state index contributed by atoms with van der Waals surface area (Å²) in [6.45, 7) is 6.96. The summed E-state index contributed by atoms with van der Waals surface area (Å²) < 4.78 is 10.4. The topological polar surface area (TPSA) is 67.8 Å². The third-order valence-electron chi connectivity index (χ3n) is 2.78. The van der Waals surface area contributed by atoms with E-state index < -0.39 is 6.10 Å². The predicted molar refractivity (Wildman–Crippen MR) is 81.4 cm³/mol. The molecule has 0 unspecified atom stereocenters. The summed E-state index contributed by atoms with van der Waals surface area (Å²) in [6.07, 6.45) is -0.290. The maximum atomic E-state index is 11.3. The highest BCUT2D eigenvalue weighted by atomic mass is 16.5. The summed E-state index contributed by atoms with van der Waals surface area (Å²) in [4.78, 5) is 11.3. The van der Waals surface area contributed by atoms with Gasteiger partial charge in [-0.2, -0.15) is 0 Å². The van der Waals surface area contributed by atoms with E-state index in [1.54, 1.807) is 19.1 Å². The van der Waals surface area contributed by atoms with Crippen LogP contribution in [0.25, 0.3) is 0 Å². The number of rotatable bonds is 9. The molecule has 0 spiro atoms. The number of esters is 1. The van der Waals surface area contributed by atoms with Gasteiger partial charge in [0.05, 0.1) is 13.0 Å². The fourth-order valence-corrected chi connectivity index (χ4v) is 1.71. The van der Waals surface area contributed by atoms with E-state index in [9.17, 15) is 9.90 Å². The van der Waals surface area contributed by atoms with Gasteiger partial charge in [-0.1, -0.05) is 26.0 Å². The smallest absolute Gasteiger partial charge is 0.310 e. The van der Waals surface area contributed by atoms with Gasteiger partial charge in [0.2, 0.25) is 0 Å². The van der Waals surface area contributed by atoms with E-state index >= 15 is 0 Å². The van der Waals surface area contributed by atoms with Crippen molar-refractivity contribution in [1.29, 1.82) is 0 Å². The fourth-order valence-electron chi connectivity index (χ4n) is 1.71. The van der Waals surface area contributed by atoms with Crippen molar-refractivity contribution in [3.05, 3.63) is 29.8 Å². The molecule has 0 saturated heterocycles. The molecule has 118 valence electrons. The first-order chi connectivity index (χ1) is 10.0. The minimum Gasteiger partial charge on any atom is -0.491 e. The molecular weight excluding hydrogens is 270 g/mol. The van der Waals surface area contributed by atoms with Gasteiger partial charge in [-0.25, -0.2) is 0 Å². The number of hydrogen-bond donors (Lipinski definition) is 2. The lowest BCUT2D eigenvalue weighted by Gasteiger charge is -2.15. The Kier molecular flexibility index (Phi) is 7.79. The Labute approximate surface area is 126 Å². The highest BCUT2D eigenvalue weighted by Crippen LogP contribution is 2.13. The Morgan fingerprint density at radius 2 is 1.95 bits per heavy atom. The number of carbonyl (C=O) groups is 1. The number of benzene rings is 1. The molecule has 1 atom stereocenters. The summed E-state index contributed by atoms with van der Waals surface area (Å²) in [5, 5.41) is 12.9. The number of carbonyl (C=O) groups excluding carboxylic acids is 1. The highest BCUT2D eigenvalue weighted by molar-refractivity contribution is 5.72. The second-order valence-corrected chi connectivity index (χ2v) is 5.15. The SMILES string of the molecule is CCOC(=O)Cc1ccc(OC[C@H](O)CNC(C)C)cc1. The molecule has 0 aliphatic heterocycles. The minimum absolute atomic E-state index is 0.233. The molecule has 21 heavy (non-hydrogen) atoms. The quantitative estimate of drug-likeness (QED) is 0.676. The van der Waals surface area contributed by atoms with Crippen LogP contribution in [0.4, 0.5) is 0 Å². The van der Waals surface area contributed by atoms with Crippen molar-refractivity contribution in [3.8, 4) is 5.75 Å². The zero-order valence-electron chi connectivity index (χ0n) is 13.0. The van der Waals surface area contributed by atoms with Crippen LogP contribution in [0.15, 0.2) is 24.3 Å². The van der Waals surface area contributed by atoms with Crippen LogP contribution in [0.1, 0.15) is 26.3 Å². The Morgan fingerprint density at radius 3 is 2.52 bits per heavy atom. The lowest BCUT2D eigenvalue weighted by atomic mass is 10.1. The molecule has 0 fully saturated rings. The maximum Gasteiger partial charge on any atom is 0.310 e. The number of aliphatic hydroxyl groups is 1. The lowest BCUT2D eigenvalue weighted by Crippen LogP contribution is -2.35. The van der Waals surface area contributed by atoms with Crippen LogP contribution in [0.2, 0.25) is 0 Å². The van der Waals surface area contributed by atoms with Gasteiger partial charge in [0, 0.05) is 12.6 Å². The molecule has 2 N–H and O–H groups in total. The van der Waals surface area contributed by atoms with Crippen LogP contribution in [0.5, 0.6) is 5.75 Å². The number of aliphatic hydroxyl groups excluding tert-OH is 1. The standard InChI is InChI=1S/C16H25NO4/c1-4-20-16(19)9-13-5-7-15(8-6-13)21-11-14(18)10-17-12(2)3/h5-8,12,14,17-18H,4,9-11H2,1-3H3/t14-/m1/s1. The molecule has 0 saturated carbocycles. The molecule has 1 aromatic rings. The van der Waals surface area contributed by atoms with Crippen LogP contribution in [0, 0.1) is 0 Å². The number of hydrogen-bond acceptors (Lipinski definition) is 5. The van der Waals surface area contributed by atoms with Crippen LogP contribution in [0.3, 0.4) is 0 Å². The van der Waals surface area contributed by atoms with E-state index in [-0.39, 0.29) is 19.0 Å². The summed E-state index contributed by atoms with van der Waals surface area (Å²) in [6, 6.07) is 7.56. The van der Waals surface area contributed by atoms with E-state index in [1.807, 2.05) is 26.0 Å². The lowest BCUT2D eigenvalue weighted by molar-refractivity contribution is -0.142. The van der Waals surface area contributed by atoms with E-state index in [2.05, 4.69) is 5.32 Å². The van der Waals surface area contributed by atoms with Gasteiger partial charge < -0.3 is 19.9 Å². The normalized spacial score (nSPS) is 12.2.